The van der Waals surface area contributed by atoms with Gasteiger partial charge in [0.25, 0.3) is 0 Å². The summed E-state index contributed by atoms with van der Waals surface area (Å²) >= 11 is 0. The Morgan fingerprint density at radius 2 is 2.00 bits per heavy atom. The molecule has 0 amide bonds. The Morgan fingerprint density at radius 1 is 1.40 bits per heavy atom. The predicted octanol–water partition coefficient (Wildman–Crippen LogP) is 2.47. The van der Waals surface area contributed by atoms with Gasteiger partial charge in [-0.25, -0.2) is 0 Å². The van der Waals surface area contributed by atoms with Crippen LogP contribution in [0, 0.1) is 11.3 Å². The fraction of sp³-hybridized carbons (Fsp3) is 0.917. The first kappa shape index (κ1) is 14.4. The van der Waals surface area contributed by atoms with Crippen molar-refractivity contribution < 1.29 is 4.74 Å². The van der Waals surface area contributed by atoms with Crippen molar-refractivity contribution in [2.75, 3.05) is 6.61 Å². The van der Waals surface area contributed by atoms with Gasteiger partial charge in [-0.15, -0.1) is 0 Å². The minimum atomic E-state index is -0.0994. The molecule has 1 unspecified atom stereocenters. The molecule has 0 rings (SSSR count). The van der Waals surface area contributed by atoms with Gasteiger partial charge in [0.05, 0.1) is 17.7 Å². The summed E-state index contributed by atoms with van der Waals surface area (Å²) < 4.78 is 5.70. The normalized spacial score (nSPS) is 13.9. The molecule has 0 fully saturated rings. The molecular formula is C12H24N2O. The number of hydrogen-bond acceptors (Lipinski definition) is 3. The Balaban J connectivity index is 3.79. The van der Waals surface area contributed by atoms with Gasteiger partial charge in [-0.05, 0) is 40.5 Å². The Bertz CT molecular complexity index is 206. The van der Waals surface area contributed by atoms with Crippen molar-refractivity contribution in [2.24, 2.45) is 0 Å². The lowest BCUT2D eigenvalue weighted by Crippen LogP contribution is -2.35. The van der Waals surface area contributed by atoms with E-state index in [0.29, 0.717) is 12.6 Å². The fourth-order valence-electron chi connectivity index (χ4n) is 1.14. The van der Waals surface area contributed by atoms with E-state index < -0.39 is 0 Å². The molecule has 0 aliphatic carbocycles. The minimum Gasteiger partial charge on any atom is -0.375 e. The zero-order valence-electron chi connectivity index (χ0n) is 10.6. The Labute approximate surface area is 93.8 Å². The molecule has 1 N–H and O–H groups in total. The quantitative estimate of drug-likeness (QED) is 0.705. The molecule has 0 aliphatic heterocycles. The van der Waals surface area contributed by atoms with Crippen LogP contribution in [0.3, 0.4) is 0 Å². The van der Waals surface area contributed by atoms with Crippen LogP contribution in [0.4, 0.5) is 0 Å². The van der Waals surface area contributed by atoms with Crippen molar-refractivity contribution in [1.29, 1.82) is 5.26 Å². The molecule has 1 atom stereocenters. The molecular weight excluding hydrogens is 188 g/mol. The first-order valence-electron chi connectivity index (χ1n) is 5.71. The summed E-state index contributed by atoms with van der Waals surface area (Å²) in [6.45, 7) is 11.0. The third kappa shape index (κ3) is 7.35. The summed E-state index contributed by atoms with van der Waals surface area (Å²) in [6, 6.07) is 2.49. The van der Waals surface area contributed by atoms with E-state index in [1.807, 2.05) is 13.8 Å². The summed E-state index contributed by atoms with van der Waals surface area (Å²) in [6.07, 6.45) is 1.74. The van der Waals surface area contributed by atoms with Gasteiger partial charge in [-0.3, -0.25) is 5.32 Å². The molecule has 0 aromatic rings. The lowest BCUT2D eigenvalue weighted by molar-refractivity contribution is -0.0225. The third-order valence-corrected chi connectivity index (χ3v) is 2.44. The van der Waals surface area contributed by atoms with E-state index in [1.54, 1.807) is 0 Å². The van der Waals surface area contributed by atoms with Crippen LogP contribution in [-0.2, 0) is 4.74 Å². The highest BCUT2D eigenvalue weighted by atomic mass is 16.5. The molecule has 0 bridgehead atoms. The molecule has 0 radical (unpaired) electrons. The number of nitriles is 1. The molecule has 88 valence electrons. The highest BCUT2D eigenvalue weighted by Crippen LogP contribution is 2.13. The highest BCUT2D eigenvalue weighted by molar-refractivity contribution is 4.90. The second kappa shape index (κ2) is 6.81. The Morgan fingerprint density at radius 3 is 2.40 bits per heavy atom. The smallest absolute Gasteiger partial charge is 0.0976 e. The van der Waals surface area contributed by atoms with E-state index in [-0.39, 0.29) is 11.6 Å². The maximum atomic E-state index is 8.89. The van der Waals surface area contributed by atoms with Crippen molar-refractivity contribution in [2.45, 2.75) is 65.1 Å². The van der Waals surface area contributed by atoms with Gasteiger partial charge in [0.15, 0.2) is 0 Å². The lowest BCUT2D eigenvalue weighted by atomic mass is 10.1. The SMILES string of the molecule is CCC(C)(C)OCCC(C#N)NC(C)C. The summed E-state index contributed by atoms with van der Waals surface area (Å²) in [5.41, 5.74) is -0.0716. The van der Waals surface area contributed by atoms with Gasteiger partial charge < -0.3 is 4.74 Å². The second-order valence-corrected chi connectivity index (χ2v) is 4.75. The molecule has 0 saturated carbocycles. The lowest BCUT2D eigenvalue weighted by Gasteiger charge is -2.24. The van der Waals surface area contributed by atoms with Gasteiger partial charge in [-0.1, -0.05) is 6.92 Å². The number of rotatable bonds is 7. The van der Waals surface area contributed by atoms with Crippen molar-refractivity contribution >= 4 is 0 Å². The fourth-order valence-corrected chi connectivity index (χ4v) is 1.14. The van der Waals surface area contributed by atoms with Crippen LogP contribution in [0.15, 0.2) is 0 Å². The first-order valence-corrected chi connectivity index (χ1v) is 5.71. The van der Waals surface area contributed by atoms with Crippen molar-refractivity contribution in [3.63, 3.8) is 0 Å². The van der Waals surface area contributed by atoms with Crippen molar-refractivity contribution in [3.8, 4) is 6.07 Å². The highest BCUT2D eigenvalue weighted by Gasteiger charge is 2.16. The summed E-state index contributed by atoms with van der Waals surface area (Å²) in [5, 5.41) is 12.1. The maximum absolute atomic E-state index is 8.89. The Hall–Kier alpha value is -0.590. The van der Waals surface area contributed by atoms with Crippen molar-refractivity contribution in [3.05, 3.63) is 0 Å². The first-order chi connectivity index (χ1) is 6.91. The zero-order valence-corrected chi connectivity index (χ0v) is 10.6. The number of hydrogen-bond donors (Lipinski definition) is 1. The van der Waals surface area contributed by atoms with Crippen LogP contribution in [0.2, 0.25) is 0 Å². The molecule has 15 heavy (non-hydrogen) atoms. The van der Waals surface area contributed by atoms with E-state index in [9.17, 15) is 0 Å². The second-order valence-electron chi connectivity index (χ2n) is 4.75. The molecule has 3 heteroatoms. The third-order valence-electron chi connectivity index (χ3n) is 2.44. The number of nitrogens with zero attached hydrogens (tertiary/aromatic N) is 1. The van der Waals surface area contributed by atoms with Gasteiger partial charge in [0.1, 0.15) is 0 Å². The molecule has 0 heterocycles. The van der Waals surface area contributed by atoms with Crippen LogP contribution in [0.1, 0.15) is 47.5 Å². The van der Waals surface area contributed by atoms with E-state index in [4.69, 9.17) is 10.00 Å². The van der Waals surface area contributed by atoms with E-state index >= 15 is 0 Å². The minimum absolute atomic E-state index is 0.0716. The largest absolute Gasteiger partial charge is 0.375 e. The van der Waals surface area contributed by atoms with E-state index in [2.05, 4.69) is 32.2 Å². The van der Waals surface area contributed by atoms with Gasteiger partial charge >= 0.3 is 0 Å². The van der Waals surface area contributed by atoms with Crippen LogP contribution < -0.4 is 5.32 Å². The summed E-state index contributed by atoms with van der Waals surface area (Å²) in [5.74, 6) is 0. The molecule has 0 aromatic heterocycles. The standard InChI is InChI=1S/C12H24N2O/c1-6-12(4,5)15-8-7-11(9-13)14-10(2)3/h10-11,14H,6-8H2,1-5H3. The van der Waals surface area contributed by atoms with E-state index in [0.717, 1.165) is 12.8 Å². The van der Waals surface area contributed by atoms with Crippen LogP contribution >= 0.6 is 0 Å². The summed E-state index contributed by atoms with van der Waals surface area (Å²) in [4.78, 5) is 0. The molecule has 0 spiro atoms. The molecule has 0 aliphatic rings. The summed E-state index contributed by atoms with van der Waals surface area (Å²) in [7, 11) is 0. The van der Waals surface area contributed by atoms with Crippen LogP contribution in [0.5, 0.6) is 0 Å². The van der Waals surface area contributed by atoms with Gasteiger partial charge in [0, 0.05) is 12.6 Å². The van der Waals surface area contributed by atoms with Gasteiger partial charge in [-0.2, -0.15) is 5.26 Å². The topological polar surface area (TPSA) is 45.0 Å². The average Bonchev–Trinajstić information content (AvgIpc) is 2.15. The monoisotopic (exact) mass is 212 g/mol. The molecule has 0 saturated heterocycles. The number of nitrogens with one attached hydrogen (secondary N) is 1. The van der Waals surface area contributed by atoms with Crippen LogP contribution in [0.25, 0.3) is 0 Å². The predicted molar refractivity (Wildman–Crippen MR) is 62.6 cm³/mol. The molecule has 3 nitrogen and oxygen atoms in total. The maximum Gasteiger partial charge on any atom is 0.0976 e. The number of ether oxygens (including phenoxy) is 1. The van der Waals surface area contributed by atoms with Gasteiger partial charge in [0.2, 0.25) is 0 Å². The average molecular weight is 212 g/mol. The van der Waals surface area contributed by atoms with Crippen molar-refractivity contribution in [1.82, 2.24) is 5.32 Å². The van der Waals surface area contributed by atoms with Crippen LogP contribution in [-0.4, -0.2) is 24.3 Å². The Kier molecular flexibility index (Phi) is 6.55. The van der Waals surface area contributed by atoms with E-state index in [1.165, 1.54) is 0 Å². The zero-order chi connectivity index (χ0) is 11.9. The molecule has 0 aromatic carbocycles.